The molecule has 0 unspecified atom stereocenters. The van der Waals surface area contributed by atoms with E-state index >= 15 is 0 Å². The second kappa shape index (κ2) is 7.15. The topological polar surface area (TPSA) is 0 Å². The van der Waals surface area contributed by atoms with Gasteiger partial charge in [-0.25, -0.2) is 0 Å². The van der Waals surface area contributed by atoms with Gasteiger partial charge in [-0.05, 0) is 105 Å². The molecule has 0 heteroatoms. The van der Waals surface area contributed by atoms with Gasteiger partial charge in [0.05, 0.1) is 0 Å². The third-order valence-electron chi connectivity index (χ3n) is 3.62. The van der Waals surface area contributed by atoms with Crippen LogP contribution in [0.3, 0.4) is 0 Å². The van der Waals surface area contributed by atoms with Gasteiger partial charge in [0.1, 0.15) is 0 Å². The molecule has 1 aromatic carbocycles. The molecule has 98 valence electrons. The summed E-state index contributed by atoms with van der Waals surface area (Å²) < 4.78 is 0. The van der Waals surface area contributed by atoms with E-state index in [0.717, 1.165) is 5.56 Å². The minimum atomic E-state index is 1.08. The summed E-state index contributed by atoms with van der Waals surface area (Å²) in [7, 11) is 0. The van der Waals surface area contributed by atoms with Gasteiger partial charge in [0, 0.05) is 5.56 Å². The highest BCUT2D eigenvalue weighted by Crippen LogP contribution is 2.25. The summed E-state index contributed by atoms with van der Waals surface area (Å²) in [5.41, 5.74) is 7.53. The highest BCUT2D eigenvalue weighted by atomic mass is 14.1. The van der Waals surface area contributed by atoms with Crippen LogP contribution in [-0.2, 0) is 0 Å². The first-order valence-electron chi connectivity index (χ1n) is 6.50. The van der Waals surface area contributed by atoms with Crippen LogP contribution in [0.15, 0.2) is 0 Å². The maximum absolute atomic E-state index is 3.15. The Balaban J connectivity index is 3.19. The van der Waals surface area contributed by atoms with E-state index in [0.29, 0.717) is 0 Å². The Morgan fingerprint density at radius 3 is 1.40 bits per heavy atom. The molecule has 0 saturated heterocycles. The Kier molecular flexibility index (Phi) is 5.55. The van der Waals surface area contributed by atoms with Gasteiger partial charge in [-0.1, -0.05) is 11.8 Å². The van der Waals surface area contributed by atoms with Gasteiger partial charge in [0.25, 0.3) is 0 Å². The summed E-state index contributed by atoms with van der Waals surface area (Å²) in [6, 6.07) is 0. The van der Waals surface area contributed by atoms with Gasteiger partial charge in [-0.2, -0.15) is 0 Å². The third kappa shape index (κ3) is 3.48. The number of hydrogen-bond donors (Lipinski definition) is 0. The fourth-order valence-electron chi connectivity index (χ4n) is 1.97. The molecule has 0 saturated carbocycles. The molecule has 1 aromatic rings. The predicted molar refractivity (Wildman–Crippen MR) is 86.0 cm³/mol. The summed E-state index contributed by atoms with van der Waals surface area (Å²) in [5, 5.41) is 0. The van der Waals surface area contributed by atoms with Gasteiger partial charge in [-0.15, -0.1) is 0 Å². The van der Waals surface area contributed by atoms with E-state index < -0.39 is 0 Å². The van der Waals surface area contributed by atoms with Crippen LogP contribution in [0.2, 0.25) is 0 Å². The first-order valence-corrected chi connectivity index (χ1v) is 6.50. The van der Waals surface area contributed by atoms with Crippen LogP contribution in [0.4, 0.5) is 0 Å². The third-order valence-corrected chi connectivity index (χ3v) is 3.62. The van der Waals surface area contributed by atoms with E-state index in [9.17, 15) is 0 Å². The molecule has 0 heterocycles. The van der Waals surface area contributed by atoms with Gasteiger partial charge >= 0.3 is 0 Å². The van der Waals surface area contributed by atoms with Crippen LogP contribution < -0.4 is 0 Å². The highest BCUT2D eigenvalue weighted by Gasteiger charge is 2.09. The molecule has 0 aliphatic heterocycles. The van der Waals surface area contributed by atoms with Crippen LogP contribution in [0.1, 0.15) is 40.3 Å². The fraction of sp³-hybridized carbons (Fsp3) is 0.300. The number of benzene rings is 1. The van der Waals surface area contributed by atoms with Crippen molar-refractivity contribution in [3.8, 4) is 47.4 Å². The largest absolute Gasteiger partial charge is 0.0925 e. The van der Waals surface area contributed by atoms with Crippen LogP contribution in [0.25, 0.3) is 0 Å². The maximum atomic E-state index is 3.15. The van der Waals surface area contributed by atoms with Crippen LogP contribution in [0.5, 0.6) is 0 Å². The van der Waals surface area contributed by atoms with Crippen molar-refractivity contribution in [2.24, 2.45) is 0 Å². The Labute approximate surface area is 123 Å². The van der Waals surface area contributed by atoms with E-state index in [1.165, 1.54) is 27.8 Å². The number of rotatable bonds is 0. The van der Waals surface area contributed by atoms with Crippen molar-refractivity contribution in [1.82, 2.24) is 0 Å². The lowest BCUT2D eigenvalue weighted by molar-refractivity contribution is 1.16. The SMILES string of the molecule is CC#CC#CC#CC#Cc1c(C)c(C)c(C)c(C)c1C. The molecular formula is C20H18. The zero-order valence-corrected chi connectivity index (χ0v) is 13.0. The van der Waals surface area contributed by atoms with E-state index in [-0.39, 0.29) is 0 Å². The lowest BCUT2D eigenvalue weighted by atomic mass is 9.90. The van der Waals surface area contributed by atoms with Crippen molar-refractivity contribution in [2.75, 3.05) is 0 Å². The monoisotopic (exact) mass is 258 g/mol. The van der Waals surface area contributed by atoms with E-state index in [1.807, 2.05) is 0 Å². The second-order valence-corrected chi connectivity index (χ2v) is 4.62. The first kappa shape index (κ1) is 15.5. The molecule has 0 fully saturated rings. The van der Waals surface area contributed by atoms with Crippen molar-refractivity contribution in [2.45, 2.75) is 41.5 Å². The van der Waals surface area contributed by atoms with Crippen LogP contribution in [-0.4, -0.2) is 0 Å². The van der Waals surface area contributed by atoms with Crippen LogP contribution in [0, 0.1) is 82.0 Å². The van der Waals surface area contributed by atoms with Crippen LogP contribution >= 0.6 is 0 Å². The molecule has 0 radical (unpaired) electrons. The van der Waals surface area contributed by atoms with Crippen molar-refractivity contribution in [3.05, 3.63) is 33.4 Å². The number of hydrogen-bond acceptors (Lipinski definition) is 0. The molecule has 0 atom stereocenters. The highest BCUT2D eigenvalue weighted by molar-refractivity contribution is 5.57. The smallest absolute Gasteiger partial charge is 0.0319 e. The molecule has 0 aromatic heterocycles. The summed E-state index contributed by atoms with van der Waals surface area (Å²) in [5.74, 6) is 22.1. The molecule has 20 heavy (non-hydrogen) atoms. The molecule has 0 spiro atoms. The minimum Gasteiger partial charge on any atom is -0.0925 e. The lowest BCUT2D eigenvalue weighted by Gasteiger charge is -2.14. The Bertz CT molecular complexity index is 745. The predicted octanol–water partition coefficient (Wildman–Crippen LogP) is 3.61. The molecule has 0 aliphatic carbocycles. The second-order valence-electron chi connectivity index (χ2n) is 4.62. The Hall–Kier alpha value is -2.54. The Morgan fingerprint density at radius 1 is 0.500 bits per heavy atom. The molecule has 0 bridgehead atoms. The zero-order chi connectivity index (χ0) is 15.1. The summed E-state index contributed by atoms with van der Waals surface area (Å²) >= 11 is 0. The summed E-state index contributed by atoms with van der Waals surface area (Å²) in [6.07, 6.45) is 0. The molecule has 1 rings (SSSR count). The maximum Gasteiger partial charge on any atom is 0.0319 e. The van der Waals surface area contributed by atoms with Crippen molar-refractivity contribution in [3.63, 3.8) is 0 Å². The summed E-state index contributed by atoms with van der Waals surface area (Å²) in [6.45, 7) is 12.4. The normalized spacial score (nSPS) is 7.90. The fourth-order valence-corrected chi connectivity index (χ4v) is 1.97. The van der Waals surface area contributed by atoms with Gasteiger partial charge in [0.2, 0.25) is 0 Å². The summed E-state index contributed by atoms with van der Waals surface area (Å²) in [4.78, 5) is 0. The first-order chi connectivity index (χ1) is 9.50. The molecule has 0 aliphatic rings. The van der Waals surface area contributed by atoms with Crippen molar-refractivity contribution < 1.29 is 0 Å². The molecule has 0 amide bonds. The van der Waals surface area contributed by atoms with Crippen molar-refractivity contribution >= 4 is 0 Å². The average molecular weight is 258 g/mol. The zero-order valence-electron chi connectivity index (χ0n) is 13.0. The van der Waals surface area contributed by atoms with Gasteiger partial charge < -0.3 is 0 Å². The minimum absolute atomic E-state index is 1.08. The molecular weight excluding hydrogens is 240 g/mol. The average Bonchev–Trinajstić information content (AvgIpc) is 2.45. The van der Waals surface area contributed by atoms with E-state index in [1.54, 1.807) is 6.92 Å². The van der Waals surface area contributed by atoms with Gasteiger partial charge in [-0.3, -0.25) is 0 Å². The van der Waals surface area contributed by atoms with Gasteiger partial charge in [0.15, 0.2) is 0 Å². The van der Waals surface area contributed by atoms with E-state index in [2.05, 4.69) is 82.0 Å². The standard InChI is InChI=1S/C20H18/c1-7-8-9-10-11-12-13-14-20-18(5)16(3)15(2)17(4)19(20)6/h1-6H3. The van der Waals surface area contributed by atoms with E-state index in [4.69, 9.17) is 0 Å². The Morgan fingerprint density at radius 2 is 0.900 bits per heavy atom. The van der Waals surface area contributed by atoms with Crippen molar-refractivity contribution in [1.29, 1.82) is 0 Å². The quantitative estimate of drug-likeness (QED) is 0.624. The molecule has 0 nitrogen and oxygen atoms in total. The lowest BCUT2D eigenvalue weighted by Crippen LogP contribution is -1.99. The molecule has 0 N–H and O–H groups in total.